The van der Waals surface area contributed by atoms with E-state index in [1.54, 1.807) is 6.20 Å². The fraction of sp³-hybridized carbons (Fsp3) is 0.214. The molecule has 2 aromatic rings. The Balaban J connectivity index is 2.20. The molecular weight excluding hydrogens is 232 g/mol. The van der Waals surface area contributed by atoms with Gasteiger partial charge in [-0.2, -0.15) is 0 Å². The van der Waals surface area contributed by atoms with Crippen molar-refractivity contribution in [1.29, 1.82) is 0 Å². The van der Waals surface area contributed by atoms with Gasteiger partial charge in [0.2, 0.25) is 0 Å². The van der Waals surface area contributed by atoms with Gasteiger partial charge in [-0.3, -0.25) is 4.98 Å². The molecule has 1 atom stereocenters. The molecule has 2 nitrogen and oxygen atoms in total. The van der Waals surface area contributed by atoms with Gasteiger partial charge in [-0.15, -0.1) is 0 Å². The van der Waals surface area contributed by atoms with Gasteiger partial charge in [0.05, 0.1) is 6.04 Å². The summed E-state index contributed by atoms with van der Waals surface area (Å²) in [5.74, 6) is 0. The van der Waals surface area contributed by atoms with Crippen LogP contribution in [0, 0.1) is 6.92 Å². The van der Waals surface area contributed by atoms with Crippen LogP contribution in [-0.4, -0.2) is 4.98 Å². The molecule has 1 heterocycles. The van der Waals surface area contributed by atoms with Crippen molar-refractivity contribution < 1.29 is 0 Å². The predicted molar refractivity (Wildman–Crippen MR) is 72.5 cm³/mol. The fourth-order valence-corrected chi connectivity index (χ4v) is 2.07. The third kappa shape index (κ3) is 2.77. The summed E-state index contributed by atoms with van der Waals surface area (Å²) in [5, 5.41) is 4.23. The van der Waals surface area contributed by atoms with Gasteiger partial charge >= 0.3 is 0 Å². The maximum Gasteiger partial charge on any atom is 0.0500 e. The lowest BCUT2D eigenvalue weighted by Gasteiger charge is -2.18. The van der Waals surface area contributed by atoms with Gasteiger partial charge in [0.15, 0.2) is 0 Å². The molecule has 0 saturated carbocycles. The van der Waals surface area contributed by atoms with Crippen molar-refractivity contribution in [3.63, 3.8) is 0 Å². The van der Waals surface area contributed by atoms with E-state index in [1.165, 1.54) is 0 Å². The number of benzene rings is 1. The Kier molecular flexibility index (Phi) is 3.64. The zero-order valence-electron chi connectivity index (χ0n) is 9.94. The van der Waals surface area contributed by atoms with Crippen molar-refractivity contribution in [2.24, 2.45) is 0 Å². The Hall–Kier alpha value is -1.54. The lowest BCUT2D eigenvalue weighted by Crippen LogP contribution is -2.08. The molecule has 0 spiro atoms. The standard InChI is InChI=1S/C14H15ClN2/c1-10-9-16-8-7-14(10)17-11(2)12-5-3-4-6-13(12)15/h3-9,11H,1-2H3,(H,16,17). The second kappa shape index (κ2) is 5.19. The zero-order chi connectivity index (χ0) is 12.3. The van der Waals surface area contributed by atoms with E-state index in [2.05, 4.69) is 17.2 Å². The molecule has 1 N–H and O–H groups in total. The minimum absolute atomic E-state index is 0.171. The summed E-state index contributed by atoms with van der Waals surface area (Å²) in [4.78, 5) is 4.08. The Morgan fingerprint density at radius 1 is 1.24 bits per heavy atom. The number of anilines is 1. The molecular formula is C14H15ClN2. The van der Waals surface area contributed by atoms with Crippen LogP contribution in [0.5, 0.6) is 0 Å². The lowest BCUT2D eigenvalue weighted by atomic mass is 10.1. The lowest BCUT2D eigenvalue weighted by molar-refractivity contribution is 0.882. The van der Waals surface area contributed by atoms with Crippen molar-refractivity contribution >= 4 is 17.3 Å². The summed E-state index contributed by atoms with van der Waals surface area (Å²) in [5.41, 5.74) is 3.32. The van der Waals surface area contributed by atoms with Crippen molar-refractivity contribution in [3.05, 3.63) is 58.9 Å². The quantitative estimate of drug-likeness (QED) is 0.877. The van der Waals surface area contributed by atoms with E-state index in [0.717, 1.165) is 21.8 Å². The number of aromatic nitrogens is 1. The maximum atomic E-state index is 6.17. The van der Waals surface area contributed by atoms with E-state index in [0.29, 0.717) is 0 Å². The smallest absolute Gasteiger partial charge is 0.0500 e. The van der Waals surface area contributed by atoms with Gasteiger partial charge in [-0.05, 0) is 37.1 Å². The normalized spacial score (nSPS) is 12.2. The summed E-state index contributed by atoms with van der Waals surface area (Å²) in [7, 11) is 0. The molecule has 0 fully saturated rings. The number of hydrogen-bond acceptors (Lipinski definition) is 2. The van der Waals surface area contributed by atoms with Crippen LogP contribution >= 0.6 is 11.6 Å². The zero-order valence-corrected chi connectivity index (χ0v) is 10.7. The van der Waals surface area contributed by atoms with Gasteiger partial charge in [0, 0.05) is 23.1 Å². The van der Waals surface area contributed by atoms with Crippen LogP contribution in [0.3, 0.4) is 0 Å². The molecule has 0 aliphatic heterocycles. The third-order valence-electron chi connectivity index (χ3n) is 2.76. The molecule has 0 aliphatic carbocycles. The Bertz CT molecular complexity index is 511. The topological polar surface area (TPSA) is 24.9 Å². The molecule has 2 rings (SSSR count). The molecule has 0 bridgehead atoms. The number of nitrogens with one attached hydrogen (secondary N) is 1. The van der Waals surface area contributed by atoms with Crippen molar-refractivity contribution in [2.75, 3.05) is 5.32 Å². The first-order valence-electron chi connectivity index (χ1n) is 5.60. The van der Waals surface area contributed by atoms with Crippen molar-refractivity contribution in [1.82, 2.24) is 4.98 Å². The Labute approximate surface area is 107 Å². The molecule has 0 amide bonds. The first-order valence-corrected chi connectivity index (χ1v) is 5.98. The van der Waals surface area contributed by atoms with Crippen LogP contribution in [0.4, 0.5) is 5.69 Å². The first kappa shape index (κ1) is 11.9. The van der Waals surface area contributed by atoms with Gasteiger partial charge in [0.25, 0.3) is 0 Å². The largest absolute Gasteiger partial charge is 0.378 e. The number of halogens is 1. The maximum absolute atomic E-state index is 6.17. The molecule has 0 radical (unpaired) electrons. The van der Waals surface area contributed by atoms with Gasteiger partial charge < -0.3 is 5.32 Å². The van der Waals surface area contributed by atoms with Crippen LogP contribution in [0.15, 0.2) is 42.7 Å². The molecule has 0 saturated heterocycles. The molecule has 3 heteroatoms. The summed E-state index contributed by atoms with van der Waals surface area (Å²) in [6, 6.07) is 10.0. The molecule has 17 heavy (non-hydrogen) atoms. The molecule has 88 valence electrons. The highest BCUT2D eigenvalue weighted by atomic mass is 35.5. The second-order valence-corrected chi connectivity index (χ2v) is 4.49. The first-order chi connectivity index (χ1) is 8.18. The number of pyridine rings is 1. The van der Waals surface area contributed by atoms with Gasteiger partial charge in [-0.25, -0.2) is 0 Å². The fourth-order valence-electron chi connectivity index (χ4n) is 1.77. The highest BCUT2D eigenvalue weighted by Crippen LogP contribution is 2.26. The number of hydrogen-bond donors (Lipinski definition) is 1. The minimum Gasteiger partial charge on any atom is -0.378 e. The van der Waals surface area contributed by atoms with E-state index >= 15 is 0 Å². The highest BCUT2D eigenvalue weighted by molar-refractivity contribution is 6.31. The molecule has 1 unspecified atom stereocenters. The van der Waals surface area contributed by atoms with Crippen molar-refractivity contribution in [3.8, 4) is 0 Å². The van der Waals surface area contributed by atoms with Gasteiger partial charge in [-0.1, -0.05) is 29.8 Å². The molecule has 1 aromatic heterocycles. The summed E-state index contributed by atoms with van der Waals surface area (Å²) in [6.07, 6.45) is 3.64. The van der Waals surface area contributed by atoms with E-state index in [9.17, 15) is 0 Å². The SMILES string of the molecule is Cc1cnccc1NC(C)c1ccccc1Cl. The van der Waals surface area contributed by atoms with E-state index in [-0.39, 0.29) is 6.04 Å². The predicted octanol–water partition coefficient (Wildman–Crippen LogP) is 4.22. The number of aryl methyl sites for hydroxylation is 1. The molecule has 1 aromatic carbocycles. The van der Waals surface area contributed by atoms with E-state index in [1.807, 2.05) is 43.5 Å². The van der Waals surface area contributed by atoms with E-state index in [4.69, 9.17) is 11.6 Å². The monoisotopic (exact) mass is 246 g/mol. The van der Waals surface area contributed by atoms with Crippen LogP contribution in [0.1, 0.15) is 24.1 Å². The van der Waals surface area contributed by atoms with Gasteiger partial charge in [0.1, 0.15) is 0 Å². The molecule has 0 aliphatic rings. The van der Waals surface area contributed by atoms with Crippen LogP contribution in [0.25, 0.3) is 0 Å². The number of rotatable bonds is 3. The summed E-state index contributed by atoms with van der Waals surface area (Å²) in [6.45, 7) is 4.13. The van der Waals surface area contributed by atoms with Crippen molar-refractivity contribution in [2.45, 2.75) is 19.9 Å². The van der Waals surface area contributed by atoms with Crippen LogP contribution < -0.4 is 5.32 Å². The summed E-state index contributed by atoms with van der Waals surface area (Å²) >= 11 is 6.17. The van der Waals surface area contributed by atoms with Crippen LogP contribution in [-0.2, 0) is 0 Å². The van der Waals surface area contributed by atoms with Crippen LogP contribution in [0.2, 0.25) is 5.02 Å². The average Bonchev–Trinajstić information content (AvgIpc) is 2.32. The Morgan fingerprint density at radius 2 is 2.00 bits per heavy atom. The third-order valence-corrected chi connectivity index (χ3v) is 3.11. The number of nitrogens with zero attached hydrogens (tertiary/aromatic N) is 1. The van der Waals surface area contributed by atoms with E-state index < -0.39 is 0 Å². The average molecular weight is 247 g/mol. The second-order valence-electron chi connectivity index (χ2n) is 4.08. The Morgan fingerprint density at radius 3 is 2.71 bits per heavy atom. The highest BCUT2D eigenvalue weighted by Gasteiger charge is 2.09. The summed E-state index contributed by atoms with van der Waals surface area (Å²) < 4.78 is 0. The minimum atomic E-state index is 0.171.